The minimum atomic E-state index is -0.00810. The zero-order chi connectivity index (χ0) is 22.4. The Morgan fingerprint density at radius 3 is 2.85 bits per heavy atom. The number of rotatable bonds is 4. The van der Waals surface area contributed by atoms with Crippen LogP contribution >= 0.6 is 0 Å². The number of amides is 1. The molecule has 0 spiro atoms. The molecule has 2 aromatic carbocycles. The second-order valence-electron chi connectivity index (χ2n) is 8.79. The maximum Gasteiger partial charge on any atom is 0.251 e. The van der Waals surface area contributed by atoms with E-state index in [1.807, 2.05) is 42.5 Å². The molecule has 0 saturated heterocycles. The summed E-state index contributed by atoms with van der Waals surface area (Å²) >= 11 is 0. The van der Waals surface area contributed by atoms with Crippen LogP contribution in [0, 0.1) is 0 Å². The molecule has 2 aromatic heterocycles. The van der Waals surface area contributed by atoms with Crippen molar-refractivity contribution < 1.29 is 9.53 Å². The third-order valence-electron chi connectivity index (χ3n) is 6.53. The second-order valence-corrected chi connectivity index (χ2v) is 8.79. The molecule has 1 unspecified atom stereocenters. The number of hydrogen-bond acceptors (Lipinski definition) is 6. The number of fused-ring (bicyclic) bond motifs is 2. The van der Waals surface area contributed by atoms with Crippen molar-refractivity contribution in [2.24, 2.45) is 0 Å². The monoisotopic (exact) mass is 440 g/mol. The minimum Gasteiger partial charge on any atom is -0.493 e. The van der Waals surface area contributed by atoms with Gasteiger partial charge in [0.05, 0.1) is 29.3 Å². The fourth-order valence-electron chi connectivity index (χ4n) is 4.45. The van der Waals surface area contributed by atoms with Crippen LogP contribution in [0.1, 0.15) is 46.9 Å². The molecule has 0 bridgehead atoms. The average Bonchev–Trinajstić information content (AvgIpc) is 3.24. The molecule has 4 N–H and O–H groups in total. The fourth-order valence-corrected chi connectivity index (χ4v) is 4.45. The SMILES string of the molecule is Nc1nccc(-c2ccc3nc(C4COc5ccc(C(=O)NC6CCC6)cc5C4)[nH]c3c2)n1. The summed E-state index contributed by atoms with van der Waals surface area (Å²) in [7, 11) is 0. The first kappa shape index (κ1) is 19.7. The summed E-state index contributed by atoms with van der Waals surface area (Å²) in [5.74, 6) is 2.03. The molecular formula is C25H24N6O2. The number of aromatic amines is 1. The summed E-state index contributed by atoms with van der Waals surface area (Å²) in [5.41, 5.74) is 11.0. The molecule has 8 nitrogen and oxygen atoms in total. The van der Waals surface area contributed by atoms with Gasteiger partial charge in [0.15, 0.2) is 0 Å². The Morgan fingerprint density at radius 2 is 2.03 bits per heavy atom. The van der Waals surface area contributed by atoms with Crippen molar-refractivity contribution in [2.45, 2.75) is 37.6 Å². The first-order valence-electron chi connectivity index (χ1n) is 11.3. The maximum atomic E-state index is 12.6. The van der Waals surface area contributed by atoms with E-state index < -0.39 is 0 Å². The third kappa shape index (κ3) is 3.77. The number of benzene rings is 2. The van der Waals surface area contributed by atoms with Crippen LogP contribution in [0.3, 0.4) is 0 Å². The highest BCUT2D eigenvalue weighted by Gasteiger charge is 2.26. The Kier molecular flexibility index (Phi) is 4.71. The molecule has 1 fully saturated rings. The molecule has 8 heteroatoms. The number of nitrogens with two attached hydrogens (primary N) is 1. The van der Waals surface area contributed by atoms with E-state index in [9.17, 15) is 4.79 Å². The van der Waals surface area contributed by atoms with E-state index in [0.717, 1.165) is 58.7 Å². The molecular weight excluding hydrogens is 416 g/mol. The highest BCUT2D eigenvalue weighted by Crippen LogP contribution is 2.33. The van der Waals surface area contributed by atoms with Crippen LogP contribution in [0.25, 0.3) is 22.3 Å². The van der Waals surface area contributed by atoms with Gasteiger partial charge in [0, 0.05) is 23.4 Å². The Hall–Kier alpha value is -3.94. The van der Waals surface area contributed by atoms with Gasteiger partial charge >= 0.3 is 0 Å². The number of hydrogen-bond donors (Lipinski definition) is 3. The zero-order valence-electron chi connectivity index (χ0n) is 18.0. The number of nitrogen functional groups attached to an aromatic ring is 1. The molecule has 166 valence electrons. The van der Waals surface area contributed by atoms with Crippen LogP contribution in [-0.4, -0.2) is 38.5 Å². The zero-order valence-corrected chi connectivity index (χ0v) is 18.0. The van der Waals surface area contributed by atoms with Crippen LogP contribution < -0.4 is 15.8 Å². The molecule has 4 aromatic rings. The van der Waals surface area contributed by atoms with Gasteiger partial charge < -0.3 is 20.8 Å². The van der Waals surface area contributed by atoms with Crippen molar-refractivity contribution in [3.63, 3.8) is 0 Å². The Labute approximate surface area is 190 Å². The Balaban J connectivity index is 1.24. The molecule has 3 heterocycles. The normalized spacial score (nSPS) is 17.8. The van der Waals surface area contributed by atoms with Crippen molar-refractivity contribution in [2.75, 3.05) is 12.3 Å². The lowest BCUT2D eigenvalue weighted by Crippen LogP contribution is -2.39. The van der Waals surface area contributed by atoms with Gasteiger partial charge in [-0.05, 0) is 67.6 Å². The maximum absolute atomic E-state index is 12.6. The van der Waals surface area contributed by atoms with Crippen molar-refractivity contribution in [1.29, 1.82) is 0 Å². The summed E-state index contributed by atoms with van der Waals surface area (Å²) in [6.07, 6.45) is 5.74. The summed E-state index contributed by atoms with van der Waals surface area (Å²) in [5, 5.41) is 3.11. The van der Waals surface area contributed by atoms with Crippen LogP contribution in [-0.2, 0) is 6.42 Å². The highest BCUT2D eigenvalue weighted by molar-refractivity contribution is 5.95. The van der Waals surface area contributed by atoms with E-state index in [0.29, 0.717) is 18.2 Å². The van der Waals surface area contributed by atoms with E-state index >= 15 is 0 Å². The fraction of sp³-hybridized carbons (Fsp3) is 0.280. The van der Waals surface area contributed by atoms with E-state index in [1.54, 1.807) is 6.20 Å². The number of nitrogens with zero attached hydrogens (tertiary/aromatic N) is 3. The van der Waals surface area contributed by atoms with Crippen molar-refractivity contribution in [3.05, 3.63) is 65.6 Å². The van der Waals surface area contributed by atoms with Crippen molar-refractivity contribution >= 4 is 22.9 Å². The van der Waals surface area contributed by atoms with E-state index in [4.69, 9.17) is 15.5 Å². The molecule has 1 aliphatic carbocycles. The average molecular weight is 441 g/mol. The summed E-state index contributed by atoms with van der Waals surface area (Å²) in [6, 6.07) is 13.8. The summed E-state index contributed by atoms with van der Waals surface area (Å²) in [4.78, 5) is 29.1. The first-order valence-corrected chi connectivity index (χ1v) is 11.3. The lowest BCUT2D eigenvalue weighted by Gasteiger charge is -2.27. The van der Waals surface area contributed by atoms with E-state index in [2.05, 4.69) is 20.3 Å². The van der Waals surface area contributed by atoms with Crippen molar-refractivity contribution in [3.8, 4) is 17.0 Å². The van der Waals surface area contributed by atoms with E-state index in [1.165, 1.54) is 6.42 Å². The second kappa shape index (κ2) is 7.88. The molecule has 0 radical (unpaired) electrons. The van der Waals surface area contributed by atoms with Gasteiger partial charge in [0.25, 0.3) is 5.91 Å². The van der Waals surface area contributed by atoms with Gasteiger partial charge in [0.1, 0.15) is 11.6 Å². The number of H-pyrrole nitrogens is 1. The topological polar surface area (TPSA) is 119 Å². The largest absolute Gasteiger partial charge is 0.493 e. The van der Waals surface area contributed by atoms with Gasteiger partial charge in [-0.15, -0.1) is 0 Å². The molecule has 1 saturated carbocycles. The number of ether oxygens (including phenoxy) is 1. The lowest BCUT2D eigenvalue weighted by molar-refractivity contribution is 0.0916. The first-order chi connectivity index (χ1) is 16.1. The molecule has 1 aliphatic heterocycles. The predicted molar refractivity (Wildman–Crippen MR) is 125 cm³/mol. The standard InChI is InChI=1S/C25H24N6O2/c26-25-27-9-8-19(31-25)14-4-6-20-21(12-14)30-23(29-20)17-11-16-10-15(5-7-22(16)33-13-17)24(32)28-18-2-1-3-18/h4-10,12,17-18H,1-3,11,13H2,(H,28,32)(H,29,30)(H2,26,27,31). The van der Waals surface area contributed by atoms with Gasteiger partial charge in [-0.3, -0.25) is 4.79 Å². The third-order valence-corrected chi connectivity index (χ3v) is 6.53. The van der Waals surface area contributed by atoms with Gasteiger partial charge in [-0.2, -0.15) is 0 Å². The number of aromatic nitrogens is 4. The summed E-state index contributed by atoms with van der Waals surface area (Å²) in [6.45, 7) is 0.537. The summed E-state index contributed by atoms with van der Waals surface area (Å²) < 4.78 is 6.02. The molecule has 33 heavy (non-hydrogen) atoms. The van der Waals surface area contributed by atoms with Crippen LogP contribution in [0.4, 0.5) is 5.95 Å². The Bertz CT molecular complexity index is 1360. The number of nitrogens with one attached hydrogen (secondary N) is 2. The smallest absolute Gasteiger partial charge is 0.251 e. The van der Waals surface area contributed by atoms with Gasteiger partial charge in [-0.25, -0.2) is 15.0 Å². The number of imidazole rings is 1. The predicted octanol–water partition coefficient (Wildman–Crippen LogP) is 3.60. The molecule has 6 rings (SSSR count). The van der Waals surface area contributed by atoms with Gasteiger partial charge in [0.2, 0.25) is 5.95 Å². The number of anilines is 1. The van der Waals surface area contributed by atoms with Crippen LogP contribution in [0.5, 0.6) is 5.75 Å². The lowest BCUT2D eigenvalue weighted by atomic mass is 9.92. The minimum absolute atomic E-state index is 0.00810. The van der Waals surface area contributed by atoms with Gasteiger partial charge in [-0.1, -0.05) is 6.07 Å². The van der Waals surface area contributed by atoms with Crippen LogP contribution in [0.2, 0.25) is 0 Å². The molecule has 1 atom stereocenters. The number of carbonyl (C=O) groups excluding carboxylic acids is 1. The highest BCUT2D eigenvalue weighted by atomic mass is 16.5. The molecule has 1 amide bonds. The van der Waals surface area contributed by atoms with Crippen LogP contribution in [0.15, 0.2) is 48.7 Å². The molecule has 2 aliphatic rings. The Morgan fingerprint density at radius 1 is 1.12 bits per heavy atom. The van der Waals surface area contributed by atoms with E-state index in [-0.39, 0.29) is 17.8 Å². The quantitative estimate of drug-likeness (QED) is 0.446. The number of carbonyl (C=O) groups is 1. The van der Waals surface area contributed by atoms with Crippen molar-refractivity contribution in [1.82, 2.24) is 25.3 Å².